The second-order valence-corrected chi connectivity index (χ2v) is 5.38. The monoisotopic (exact) mass is 216 g/mol. The Labute approximate surface area is 85.9 Å². The molecule has 1 aromatic rings. The fraction of sp³-hybridized carbons (Fsp3) is 0.714. The second kappa shape index (κ2) is 4.36. The van der Waals surface area contributed by atoms with Crippen LogP contribution in [0.3, 0.4) is 0 Å². The first-order chi connectivity index (χ1) is 6.34. The van der Waals surface area contributed by atoms with Crippen molar-refractivity contribution in [2.45, 2.75) is 11.3 Å². The van der Waals surface area contributed by atoms with Crippen molar-refractivity contribution in [3.05, 3.63) is 5.01 Å². The highest BCUT2D eigenvalue weighted by Gasteiger charge is 2.12. The molecule has 0 atom stereocenters. The van der Waals surface area contributed by atoms with Crippen LogP contribution in [0, 0.1) is 6.92 Å². The molecule has 1 N–H and O–H groups in total. The van der Waals surface area contributed by atoms with Gasteiger partial charge in [0.15, 0.2) is 4.34 Å². The molecule has 1 fully saturated rings. The molecule has 1 saturated heterocycles. The predicted octanol–water partition coefficient (Wildman–Crippen LogP) is 0.759. The number of aromatic nitrogens is 2. The van der Waals surface area contributed by atoms with E-state index in [0.29, 0.717) is 0 Å². The fourth-order valence-electron chi connectivity index (χ4n) is 1.16. The summed E-state index contributed by atoms with van der Waals surface area (Å²) in [5.74, 6) is 0. The van der Waals surface area contributed by atoms with Crippen molar-refractivity contribution in [1.29, 1.82) is 0 Å². The van der Waals surface area contributed by atoms with Crippen LogP contribution in [0.15, 0.2) is 4.34 Å². The number of rotatable bonds is 2. The van der Waals surface area contributed by atoms with E-state index in [4.69, 9.17) is 0 Å². The van der Waals surface area contributed by atoms with Crippen molar-refractivity contribution in [3.63, 3.8) is 0 Å². The summed E-state index contributed by atoms with van der Waals surface area (Å²) in [4.78, 5) is 0. The van der Waals surface area contributed by atoms with Gasteiger partial charge in [-0.05, 0) is 18.9 Å². The Hall–Kier alpha value is -0.170. The molecule has 0 radical (unpaired) electrons. The van der Waals surface area contributed by atoms with E-state index in [9.17, 15) is 0 Å². The minimum atomic E-state index is 1.04. The highest BCUT2D eigenvalue weighted by Crippen LogP contribution is 2.25. The lowest BCUT2D eigenvalue weighted by atomic mass is 10.4. The first kappa shape index (κ1) is 9.39. The van der Waals surface area contributed by atoms with Gasteiger partial charge in [-0.25, -0.2) is 4.31 Å². The maximum absolute atomic E-state index is 4.08. The summed E-state index contributed by atoms with van der Waals surface area (Å²) < 4.78 is 3.38. The van der Waals surface area contributed by atoms with Gasteiger partial charge in [0, 0.05) is 26.2 Å². The normalized spacial score (nSPS) is 19.2. The average Bonchev–Trinajstić information content (AvgIpc) is 2.53. The molecule has 0 aliphatic carbocycles. The van der Waals surface area contributed by atoms with Gasteiger partial charge in [-0.2, -0.15) is 0 Å². The summed E-state index contributed by atoms with van der Waals surface area (Å²) in [5.41, 5.74) is 0. The molecule has 2 rings (SSSR count). The van der Waals surface area contributed by atoms with Gasteiger partial charge in [0.05, 0.1) is 0 Å². The van der Waals surface area contributed by atoms with Crippen molar-refractivity contribution < 1.29 is 0 Å². The van der Waals surface area contributed by atoms with Crippen LogP contribution in [0.25, 0.3) is 0 Å². The van der Waals surface area contributed by atoms with Crippen LogP contribution in [-0.4, -0.2) is 40.7 Å². The number of nitrogens with zero attached hydrogens (tertiary/aromatic N) is 3. The molecular formula is C7H12N4S2. The molecule has 6 heteroatoms. The summed E-state index contributed by atoms with van der Waals surface area (Å²) in [6.45, 7) is 6.31. The standard InChI is InChI=1S/C7H12N4S2/c1-6-9-10-7(12-6)13-11-4-2-8-3-5-11/h8H,2-5H2,1H3. The third kappa shape index (κ3) is 2.63. The van der Waals surface area contributed by atoms with Crippen LogP contribution in [0.5, 0.6) is 0 Å². The van der Waals surface area contributed by atoms with Crippen molar-refractivity contribution in [3.8, 4) is 0 Å². The molecule has 0 saturated carbocycles. The van der Waals surface area contributed by atoms with Crippen molar-refractivity contribution in [2.75, 3.05) is 26.2 Å². The highest BCUT2D eigenvalue weighted by atomic mass is 32.2. The molecule has 1 aromatic heterocycles. The van der Waals surface area contributed by atoms with Gasteiger partial charge < -0.3 is 5.32 Å². The molecule has 4 nitrogen and oxygen atoms in total. The van der Waals surface area contributed by atoms with E-state index in [0.717, 1.165) is 35.5 Å². The van der Waals surface area contributed by atoms with E-state index < -0.39 is 0 Å². The first-order valence-corrected chi connectivity index (χ1v) is 5.87. The van der Waals surface area contributed by atoms with E-state index in [1.807, 2.05) is 6.92 Å². The van der Waals surface area contributed by atoms with Crippen molar-refractivity contribution in [1.82, 2.24) is 19.8 Å². The van der Waals surface area contributed by atoms with Crippen molar-refractivity contribution >= 4 is 23.3 Å². The van der Waals surface area contributed by atoms with Gasteiger partial charge in [0.2, 0.25) is 0 Å². The summed E-state index contributed by atoms with van der Waals surface area (Å²) in [5, 5.41) is 12.4. The second-order valence-electron chi connectivity index (χ2n) is 2.86. The first-order valence-electron chi connectivity index (χ1n) is 4.28. The molecule has 0 amide bonds. The Kier molecular flexibility index (Phi) is 3.15. The lowest BCUT2D eigenvalue weighted by Crippen LogP contribution is -2.39. The number of aryl methyl sites for hydroxylation is 1. The summed E-state index contributed by atoms with van der Waals surface area (Å²) in [6, 6.07) is 0. The quantitative estimate of drug-likeness (QED) is 0.739. The number of hydrogen-bond donors (Lipinski definition) is 1. The molecular weight excluding hydrogens is 204 g/mol. The largest absolute Gasteiger partial charge is 0.314 e. The lowest BCUT2D eigenvalue weighted by molar-refractivity contribution is 0.396. The zero-order chi connectivity index (χ0) is 9.10. The van der Waals surface area contributed by atoms with E-state index >= 15 is 0 Å². The Balaban J connectivity index is 1.89. The number of piperazine rings is 1. The van der Waals surface area contributed by atoms with Gasteiger partial charge in [0.1, 0.15) is 5.01 Å². The zero-order valence-corrected chi connectivity index (χ0v) is 9.12. The smallest absolute Gasteiger partial charge is 0.189 e. The topological polar surface area (TPSA) is 41.1 Å². The predicted molar refractivity (Wildman–Crippen MR) is 54.9 cm³/mol. The molecule has 1 aliphatic rings. The van der Waals surface area contributed by atoms with Gasteiger partial charge in [0.25, 0.3) is 0 Å². The van der Waals surface area contributed by atoms with Crippen LogP contribution in [0.2, 0.25) is 0 Å². The molecule has 13 heavy (non-hydrogen) atoms. The Morgan fingerprint density at radius 2 is 2.15 bits per heavy atom. The van der Waals surface area contributed by atoms with Gasteiger partial charge in [-0.15, -0.1) is 10.2 Å². The summed E-state index contributed by atoms with van der Waals surface area (Å²) in [6.07, 6.45) is 0. The molecule has 0 aromatic carbocycles. The minimum absolute atomic E-state index is 1.04. The zero-order valence-electron chi connectivity index (χ0n) is 7.49. The van der Waals surface area contributed by atoms with Gasteiger partial charge >= 0.3 is 0 Å². The van der Waals surface area contributed by atoms with E-state index in [-0.39, 0.29) is 0 Å². The average molecular weight is 216 g/mol. The maximum Gasteiger partial charge on any atom is 0.189 e. The third-order valence-corrected chi connectivity index (χ3v) is 3.76. The van der Waals surface area contributed by atoms with Gasteiger partial charge in [-0.1, -0.05) is 11.3 Å². The Bertz CT molecular complexity index is 269. The van der Waals surface area contributed by atoms with E-state index in [1.54, 1.807) is 23.3 Å². The molecule has 0 bridgehead atoms. The SMILES string of the molecule is Cc1nnc(SN2CCNCC2)s1. The maximum atomic E-state index is 4.08. The minimum Gasteiger partial charge on any atom is -0.314 e. The van der Waals surface area contributed by atoms with Gasteiger partial charge in [-0.3, -0.25) is 0 Å². The van der Waals surface area contributed by atoms with Crippen LogP contribution in [0.1, 0.15) is 5.01 Å². The molecule has 2 heterocycles. The van der Waals surface area contributed by atoms with E-state index in [2.05, 4.69) is 19.8 Å². The lowest BCUT2D eigenvalue weighted by Gasteiger charge is -2.24. The molecule has 1 aliphatic heterocycles. The van der Waals surface area contributed by atoms with Crippen LogP contribution in [0.4, 0.5) is 0 Å². The Morgan fingerprint density at radius 3 is 2.77 bits per heavy atom. The van der Waals surface area contributed by atoms with Crippen LogP contribution >= 0.6 is 23.3 Å². The fourth-order valence-corrected chi connectivity index (χ4v) is 3.07. The van der Waals surface area contributed by atoms with Crippen LogP contribution in [-0.2, 0) is 0 Å². The molecule has 72 valence electrons. The number of nitrogens with one attached hydrogen (secondary N) is 1. The summed E-state index contributed by atoms with van der Waals surface area (Å²) >= 11 is 3.38. The van der Waals surface area contributed by atoms with E-state index in [1.165, 1.54) is 0 Å². The van der Waals surface area contributed by atoms with Crippen LogP contribution < -0.4 is 5.32 Å². The highest BCUT2D eigenvalue weighted by molar-refractivity contribution is 7.98. The third-order valence-electron chi connectivity index (χ3n) is 1.79. The molecule has 0 unspecified atom stereocenters. The summed E-state index contributed by atoms with van der Waals surface area (Å²) in [7, 11) is 0. The molecule has 0 spiro atoms. The number of hydrogen-bond acceptors (Lipinski definition) is 6. The van der Waals surface area contributed by atoms with Crippen molar-refractivity contribution in [2.24, 2.45) is 0 Å². The Morgan fingerprint density at radius 1 is 1.38 bits per heavy atom.